The fourth-order valence-corrected chi connectivity index (χ4v) is 4.34. The van der Waals surface area contributed by atoms with Gasteiger partial charge in [-0.1, -0.05) is 17.7 Å². The summed E-state index contributed by atoms with van der Waals surface area (Å²) in [6, 6.07) is 9.97. The van der Waals surface area contributed by atoms with E-state index in [1.165, 1.54) is 18.2 Å². The first-order chi connectivity index (χ1) is 12.9. The van der Waals surface area contributed by atoms with Gasteiger partial charge < -0.3 is 5.73 Å². The van der Waals surface area contributed by atoms with Gasteiger partial charge in [0.05, 0.1) is 28.3 Å². The third kappa shape index (κ3) is 2.63. The Morgan fingerprint density at radius 1 is 1.30 bits per heavy atom. The lowest BCUT2D eigenvalue weighted by Gasteiger charge is -2.43. The number of hydrogen-bond donors (Lipinski definition) is 1. The maximum atomic E-state index is 11.2. The van der Waals surface area contributed by atoms with Crippen molar-refractivity contribution in [1.29, 1.82) is 15.8 Å². The van der Waals surface area contributed by atoms with Crippen LogP contribution in [0.3, 0.4) is 0 Å². The van der Waals surface area contributed by atoms with Crippen LogP contribution in [0.15, 0.2) is 41.1 Å². The van der Waals surface area contributed by atoms with Crippen molar-refractivity contribution in [1.82, 2.24) is 0 Å². The normalized spacial score (nSPS) is 23.3. The number of nitro benzene ring substituents is 1. The molecule has 0 saturated carbocycles. The van der Waals surface area contributed by atoms with E-state index in [1.54, 1.807) is 0 Å². The average molecular weight is 380 g/mol. The van der Waals surface area contributed by atoms with E-state index in [1.807, 2.05) is 24.3 Å². The summed E-state index contributed by atoms with van der Waals surface area (Å²) in [5.41, 5.74) is 5.20. The number of nitro groups is 1. The second kappa shape index (κ2) is 6.76. The van der Waals surface area contributed by atoms with E-state index in [2.05, 4.69) is 0 Å². The summed E-state index contributed by atoms with van der Waals surface area (Å²) in [7, 11) is 0. The highest BCUT2D eigenvalue weighted by Gasteiger charge is 2.54. The first-order valence-electron chi connectivity index (χ1n) is 8.28. The van der Waals surface area contributed by atoms with Crippen molar-refractivity contribution >= 4 is 17.3 Å². The van der Waals surface area contributed by atoms with Gasteiger partial charge in [-0.3, -0.25) is 10.1 Å². The number of hydrogen-bond acceptors (Lipinski definition) is 6. The largest absolute Gasteiger partial charge is 0.399 e. The summed E-state index contributed by atoms with van der Waals surface area (Å²) in [5, 5.41) is 40.9. The van der Waals surface area contributed by atoms with Crippen LogP contribution in [0.25, 0.3) is 0 Å². The molecule has 0 amide bonds. The third-order valence-electron chi connectivity index (χ3n) is 5.32. The molecule has 0 bridgehead atoms. The monoisotopic (exact) mass is 379 g/mol. The summed E-state index contributed by atoms with van der Waals surface area (Å²) >= 11 is 6.34. The number of fused-ring (bicyclic) bond motifs is 1. The van der Waals surface area contributed by atoms with E-state index >= 15 is 0 Å². The molecule has 0 radical (unpaired) electrons. The lowest BCUT2D eigenvalue weighted by Crippen LogP contribution is -2.42. The lowest BCUT2D eigenvalue weighted by atomic mass is 9.56. The summed E-state index contributed by atoms with van der Waals surface area (Å²) < 4.78 is 0. The van der Waals surface area contributed by atoms with Crippen LogP contribution >= 0.6 is 11.6 Å². The molecule has 0 unspecified atom stereocenters. The van der Waals surface area contributed by atoms with Crippen molar-refractivity contribution < 1.29 is 4.92 Å². The van der Waals surface area contributed by atoms with E-state index in [-0.39, 0.29) is 27.9 Å². The number of benzene rings is 1. The molecule has 1 aromatic rings. The minimum atomic E-state index is -1.83. The first kappa shape index (κ1) is 18.5. The van der Waals surface area contributed by atoms with Crippen LogP contribution in [0, 0.1) is 55.4 Å². The second-order valence-corrected chi connectivity index (χ2v) is 6.98. The molecule has 2 N–H and O–H groups in total. The van der Waals surface area contributed by atoms with Crippen molar-refractivity contribution in [2.45, 2.75) is 25.2 Å². The molecular weight excluding hydrogens is 366 g/mol. The molecule has 3 rings (SSSR count). The molecule has 0 saturated heterocycles. The molecule has 8 heteroatoms. The third-order valence-corrected chi connectivity index (χ3v) is 5.67. The highest BCUT2D eigenvalue weighted by molar-refractivity contribution is 6.31. The quantitative estimate of drug-likeness (QED) is 0.611. The van der Waals surface area contributed by atoms with Gasteiger partial charge in [-0.2, -0.15) is 15.8 Å². The number of halogens is 1. The highest BCUT2D eigenvalue weighted by atomic mass is 35.5. The number of allylic oxidation sites excluding steroid dienone is 4. The van der Waals surface area contributed by atoms with Gasteiger partial charge in [0.15, 0.2) is 5.41 Å². The summed E-state index contributed by atoms with van der Waals surface area (Å²) in [5.74, 6) is -1.15. The van der Waals surface area contributed by atoms with Crippen LogP contribution in [0.5, 0.6) is 0 Å². The van der Waals surface area contributed by atoms with Crippen molar-refractivity contribution in [3.8, 4) is 18.2 Å². The Morgan fingerprint density at radius 3 is 2.59 bits per heavy atom. The molecule has 134 valence electrons. The molecular formula is C19H14ClN5O2. The van der Waals surface area contributed by atoms with E-state index in [0.29, 0.717) is 17.6 Å². The fraction of sp³-hybridized carbons (Fsp3) is 0.316. The zero-order chi connectivity index (χ0) is 19.8. The van der Waals surface area contributed by atoms with E-state index in [0.717, 1.165) is 12.8 Å². The number of non-ortho nitro benzene ring substituents is 1. The molecule has 2 atom stereocenters. The Kier molecular flexibility index (Phi) is 4.62. The molecule has 0 fully saturated rings. The number of nitrogens with two attached hydrogens (primary N) is 1. The van der Waals surface area contributed by atoms with Gasteiger partial charge in [0, 0.05) is 23.1 Å². The van der Waals surface area contributed by atoms with Crippen LogP contribution in [-0.4, -0.2) is 4.92 Å². The van der Waals surface area contributed by atoms with Crippen LogP contribution in [0.4, 0.5) is 5.69 Å². The maximum Gasteiger partial charge on any atom is 0.269 e. The Bertz CT molecular complexity index is 1010. The smallest absolute Gasteiger partial charge is 0.269 e. The van der Waals surface area contributed by atoms with Crippen molar-refractivity contribution in [2.24, 2.45) is 17.1 Å². The maximum absolute atomic E-state index is 11.2. The molecule has 0 aliphatic heterocycles. The molecule has 7 nitrogen and oxygen atoms in total. The molecule has 1 aromatic carbocycles. The van der Waals surface area contributed by atoms with Crippen molar-refractivity contribution in [3.05, 3.63) is 61.8 Å². The molecule has 2 aliphatic rings. The van der Waals surface area contributed by atoms with Crippen LogP contribution in [-0.2, 0) is 0 Å². The Morgan fingerprint density at radius 2 is 2.00 bits per heavy atom. The van der Waals surface area contributed by atoms with Gasteiger partial charge in [-0.15, -0.1) is 0 Å². The minimum absolute atomic E-state index is 0.119. The number of rotatable bonds is 2. The Labute approximate surface area is 160 Å². The predicted molar refractivity (Wildman–Crippen MR) is 96.8 cm³/mol. The van der Waals surface area contributed by atoms with E-state index < -0.39 is 16.3 Å². The van der Waals surface area contributed by atoms with E-state index in [4.69, 9.17) is 17.3 Å². The predicted octanol–water partition coefficient (Wildman–Crippen LogP) is 3.84. The number of nitrogens with zero attached hydrogens (tertiary/aromatic N) is 4. The summed E-state index contributed by atoms with van der Waals surface area (Å²) in [6.45, 7) is 0. The van der Waals surface area contributed by atoms with Gasteiger partial charge in [-0.05, 0) is 42.4 Å². The SMILES string of the molecule is N#CC1=C(N)C(C#N)(C#N)[C@H](c2cc([N+](=O)[O-])ccc2Cl)[C@@H]2CCCC=C12. The zero-order valence-corrected chi connectivity index (χ0v) is 14.9. The second-order valence-electron chi connectivity index (χ2n) is 6.57. The van der Waals surface area contributed by atoms with Crippen LogP contribution < -0.4 is 5.73 Å². The molecule has 0 spiro atoms. The number of nitriles is 3. The Hall–Kier alpha value is -3.34. The van der Waals surface area contributed by atoms with Crippen molar-refractivity contribution in [3.63, 3.8) is 0 Å². The topological polar surface area (TPSA) is 141 Å². The van der Waals surface area contributed by atoms with Gasteiger partial charge in [0.2, 0.25) is 0 Å². The Balaban J connectivity index is 2.37. The van der Waals surface area contributed by atoms with Crippen LogP contribution in [0.1, 0.15) is 30.7 Å². The van der Waals surface area contributed by atoms with E-state index in [9.17, 15) is 25.9 Å². The lowest BCUT2D eigenvalue weighted by molar-refractivity contribution is -0.384. The van der Waals surface area contributed by atoms with Gasteiger partial charge in [0.25, 0.3) is 5.69 Å². The minimum Gasteiger partial charge on any atom is -0.399 e. The highest BCUT2D eigenvalue weighted by Crippen LogP contribution is 2.57. The molecule has 0 heterocycles. The summed E-state index contributed by atoms with van der Waals surface area (Å²) in [6.07, 6.45) is 4.09. The fourth-order valence-electron chi connectivity index (χ4n) is 4.10. The average Bonchev–Trinajstić information content (AvgIpc) is 2.68. The standard InChI is InChI=1S/C19H14ClN5O2/c20-16-6-5-11(25(26)27)7-14(16)17-13-4-2-1-3-12(13)15(8-21)18(24)19(17,9-22)10-23/h3,5-7,13,17H,1-2,4,24H2/t13-,17+/m1/s1. The van der Waals surface area contributed by atoms with Crippen molar-refractivity contribution in [2.75, 3.05) is 0 Å². The van der Waals surface area contributed by atoms with Gasteiger partial charge >= 0.3 is 0 Å². The van der Waals surface area contributed by atoms with Gasteiger partial charge in [0.1, 0.15) is 6.07 Å². The summed E-state index contributed by atoms with van der Waals surface area (Å²) in [4.78, 5) is 10.7. The molecule has 27 heavy (non-hydrogen) atoms. The first-order valence-corrected chi connectivity index (χ1v) is 8.66. The van der Waals surface area contributed by atoms with Crippen LogP contribution in [0.2, 0.25) is 5.02 Å². The zero-order valence-electron chi connectivity index (χ0n) is 14.1. The van der Waals surface area contributed by atoms with Gasteiger partial charge in [-0.25, -0.2) is 0 Å². The molecule has 0 aromatic heterocycles. The molecule has 2 aliphatic carbocycles.